The van der Waals surface area contributed by atoms with Crippen molar-refractivity contribution in [3.05, 3.63) is 46.7 Å². The smallest absolute Gasteiger partial charge is 0.324 e. The lowest BCUT2D eigenvalue weighted by molar-refractivity contribution is -0.127. The number of hydrogen-bond donors (Lipinski definition) is 1. The first-order chi connectivity index (χ1) is 12.6. The third kappa shape index (κ3) is 4.20. The first-order valence-electron chi connectivity index (χ1n) is 8.31. The number of nitrogens with one attached hydrogen (secondary N) is 1. The van der Waals surface area contributed by atoms with E-state index in [1.165, 1.54) is 4.90 Å². The predicted octanol–water partition coefficient (Wildman–Crippen LogP) is 1.28. The molecule has 3 amide bonds. The summed E-state index contributed by atoms with van der Waals surface area (Å²) in [6, 6.07) is 6.38. The van der Waals surface area contributed by atoms with Crippen molar-refractivity contribution in [3.8, 4) is 0 Å². The van der Waals surface area contributed by atoms with Gasteiger partial charge in [0.25, 0.3) is 5.91 Å². The minimum absolute atomic E-state index is 0.256. The van der Waals surface area contributed by atoms with Crippen LogP contribution in [0.4, 0.5) is 4.79 Å². The lowest BCUT2D eigenvalue weighted by atomic mass is 10.1. The number of hydrogen-bond acceptors (Lipinski definition) is 5. The summed E-state index contributed by atoms with van der Waals surface area (Å²) in [6.45, 7) is 1.39. The standard InChI is InChI=1S/C17H20ClN5O3/c1-26-9-8-22-11-13(20-21-22)10-15-16(24)23(17(25)19-15)7-6-12-4-2-3-5-14(12)18/h2-5,11,15H,6-10H2,1H3,(H,19,25)/t15-/m1/s1. The molecule has 1 aromatic carbocycles. The molecule has 1 aromatic heterocycles. The SMILES string of the molecule is COCCn1cc(C[C@H]2NC(=O)N(CCc3ccccc3Cl)C2=O)nn1. The summed E-state index contributed by atoms with van der Waals surface area (Å²) in [5, 5.41) is 11.4. The Morgan fingerprint density at radius 3 is 2.85 bits per heavy atom. The maximum atomic E-state index is 12.5. The van der Waals surface area contributed by atoms with Gasteiger partial charge in [0.1, 0.15) is 6.04 Å². The molecule has 1 N–H and O–H groups in total. The van der Waals surface area contributed by atoms with Crippen molar-refractivity contribution < 1.29 is 14.3 Å². The Kier molecular flexibility index (Phi) is 5.85. The van der Waals surface area contributed by atoms with Crippen molar-refractivity contribution >= 4 is 23.5 Å². The first-order valence-corrected chi connectivity index (χ1v) is 8.69. The first kappa shape index (κ1) is 18.3. The van der Waals surface area contributed by atoms with E-state index in [-0.39, 0.29) is 18.5 Å². The van der Waals surface area contributed by atoms with E-state index in [2.05, 4.69) is 15.6 Å². The number of nitrogens with zero attached hydrogens (tertiary/aromatic N) is 4. The van der Waals surface area contributed by atoms with Crippen molar-refractivity contribution in [2.24, 2.45) is 0 Å². The van der Waals surface area contributed by atoms with Crippen LogP contribution in [0.2, 0.25) is 5.02 Å². The molecule has 1 aliphatic rings. The van der Waals surface area contributed by atoms with Gasteiger partial charge in [-0.05, 0) is 18.1 Å². The lowest BCUT2D eigenvalue weighted by Crippen LogP contribution is -2.34. The quantitative estimate of drug-likeness (QED) is 0.700. The van der Waals surface area contributed by atoms with Crippen LogP contribution in [0.3, 0.4) is 0 Å². The van der Waals surface area contributed by atoms with Crippen LogP contribution in [0.25, 0.3) is 0 Å². The summed E-state index contributed by atoms with van der Waals surface area (Å²) in [5.74, 6) is -0.256. The molecule has 9 heteroatoms. The number of halogens is 1. The Bertz CT molecular complexity index is 794. The topological polar surface area (TPSA) is 89.4 Å². The molecule has 138 valence electrons. The number of carbonyl (C=O) groups excluding carboxylic acids is 2. The van der Waals surface area contributed by atoms with Crippen LogP contribution in [-0.2, 0) is 28.9 Å². The Balaban J connectivity index is 1.58. The van der Waals surface area contributed by atoms with Gasteiger partial charge in [-0.3, -0.25) is 9.69 Å². The Hall–Kier alpha value is -2.45. The van der Waals surface area contributed by atoms with E-state index in [0.717, 1.165) is 5.56 Å². The molecule has 1 fully saturated rings. The highest BCUT2D eigenvalue weighted by molar-refractivity contribution is 6.31. The highest BCUT2D eigenvalue weighted by Crippen LogP contribution is 2.17. The number of methoxy groups -OCH3 is 1. The van der Waals surface area contributed by atoms with Crippen LogP contribution in [0.15, 0.2) is 30.5 Å². The fourth-order valence-electron chi connectivity index (χ4n) is 2.80. The molecule has 1 atom stereocenters. The largest absolute Gasteiger partial charge is 0.383 e. The van der Waals surface area contributed by atoms with E-state index < -0.39 is 6.04 Å². The zero-order chi connectivity index (χ0) is 18.5. The summed E-state index contributed by atoms with van der Waals surface area (Å²) in [7, 11) is 1.61. The normalized spacial score (nSPS) is 17.0. The Labute approximate surface area is 156 Å². The van der Waals surface area contributed by atoms with E-state index in [1.54, 1.807) is 24.1 Å². The van der Waals surface area contributed by atoms with Crippen LogP contribution in [-0.4, -0.2) is 58.1 Å². The molecule has 0 aliphatic carbocycles. The van der Waals surface area contributed by atoms with Crippen LogP contribution in [0, 0.1) is 0 Å². The average molecular weight is 378 g/mol. The number of imide groups is 1. The molecular formula is C17H20ClN5O3. The maximum Gasteiger partial charge on any atom is 0.324 e. The molecule has 2 aromatic rings. The number of urea groups is 1. The van der Waals surface area contributed by atoms with Crippen LogP contribution >= 0.6 is 11.6 Å². The molecule has 1 aliphatic heterocycles. The minimum atomic E-state index is -0.624. The fraction of sp³-hybridized carbons (Fsp3) is 0.412. The van der Waals surface area contributed by atoms with E-state index in [4.69, 9.17) is 16.3 Å². The van der Waals surface area contributed by atoms with Gasteiger partial charge in [-0.2, -0.15) is 0 Å². The van der Waals surface area contributed by atoms with Gasteiger partial charge in [0, 0.05) is 31.3 Å². The third-order valence-corrected chi connectivity index (χ3v) is 4.56. The summed E-state index contributed by atoms with van der Waals surface area (Å²) < 4.78 is 6.64. The predicted molar refractivity (Wildman–Crippen MR) is 94.8 cm³/mol. The second kappa shape index (κ2) is 8.29. The molecule has 0 unspecified atom stereocenters. The van der Waals surface area contributed by atoms with Crippen molar-refractivity contribution in [3.63, 3.8) is 0 Å². The van der Waals surface area contributed by atoms with Crippen molar-refractivity contribution in [2.45, 2.75) is 25.4 Å². The summed E-state index contributed by atoms with van der Waals surface area (Å²) in [5.41, 5.74) is 1.55. The second-order valence-electron chi connectivity index (χ2n) is 6.00. The molecular weight excluding hydrogens is 358 g/mol. The van der Waals surface area contributed by atoms with Crippen molar-refractivity contribution in [1.82, 2.24) is 25.2 Å². The van der Waals surface area contributed by atoms with Crippen molar-refractivity contribution in [2.75, 3.05) is 20.3 Å². The number of carbonyl (C=O) groups is 2. The number of ether oxygens (including phenoxy) is 1. The highest BCUT2D eigenvalue weighted by Gasteiger charge is 2.38. The van der Waals surface area contributed by atoms with E-state index in [9.17, 15) is 9.59 Å². The minimum Gasteiger partial charge on any atom is -0.383 e. The zero-order valence-electron chi connectivity index (χ0n) is 14.4. The van der Waals surface area contributed by atoms with Crippen LogP contribution in [0.5, 0.6) is 0 Å². The number of benzene rings is 1. The molecule has 1 saturated heterocycles. The molecule has 0 spiro atoms. The molecule has 0 radical (unpaired) electrons. The van der Waals surface area contributed by atoms with Crippen LogP contribution in [0.1, 0.15) is 11.3 Å². The van der Waals surface area contributed by atoms with Gasteiger partial charge in [0.2, 0.25) is 0 Å². The Morgan fingerprint density at radius 1 is 1.27 bits per heavy atom. The average Bonchev–Trinajstić information content (AvgIpc) is 3.18. The van der Waals surface area contributed by atoms with E-state index >= 15 is 0 Å². The molecule has 26 heavy (non-hydrogen) atoms. The fourth-order valence-corrected chi connectivity index (χ4v) is 3.03. The molecule has 0 saturated carbocycles. The second-order valence-corrected chi connectivity index (χ2v) is 6.41. The summed E-state index contributed by atoms with van der Waals surface area (Å²) >= 11 is 6.13. The molecule has 0 bridgehead atoms. The monoisotopic (exact) mass is 377 g/mol. The molecule has 3 rings (SSSR count). The number of amides is 3. The number of aromatic nitrogens is 3. The summed E-state index contributed by atoms with van der Waals surface area (Å²) in [4.78, 5) is 25.9. The zero-order valence-corrected chi connectivity index (χ0v) is 15.1. The van der Waals surface area contributed by atoms with Gasteiger partial charge in [0.05, 0.1) is 18.8 Å². The maximum absolute atomic E-state index is 12.5. The van der Waals surface area contributed by atoms with Crippen LogP contribution < -0.4 is 5.32 Å². The van der Waals surface area contributed by atoms with Gasteiger partial charge >= 0.3 is 6.03 Å². The van der Waals surface area contributed by atoms with Gasteiger partial charge < -0.3 is 10.1 Å². The highest BCUT2D eigenvalue weighted by atomic mass is 35.5. The molecule has 8 nitrogen and oxygen atoms in total. The van der Waals surface area contributed by atoms with E-state index in [0.29, 0.717) is 36.7 Å². The van der Waals surface area contributed by atoms with Crippen molar-refractivity contribution in [1.29, 1.82) is 0 Å². The number of rotatable bonds is 8. The lowest BCUT2D eigenvalue weighted by Gasteiger charge is -2.13. The van der Waals surface area contributed by atoms with Gasteiger partial charge in [-0.25, -0.2) is 9.48 Å². The van der Waals surface area contributed by atoms with Gasteiger partial charge in [-0.15, -0.1) is 5.10 Å². The molecule has 2 heterocycles. The third-order valence-electron chi connectivity index (χ3n) is 4.19. The van der Waals surface area contributed by atoms with E-state index in [1.807, 2.05) is 18.2 Å². The summed E-state index contributed by atoms with van der Waals surface area (Å²) in [6.07, 6.45) is 2.57. The van der Waals surface area contributed by atoms with Gasteiger partial charge in [-0.1, -0.05) is 35.0 Å². The Morgan fingerprint density at radius 2 is 2.08 bits per heavy atom. The van der Waals surface area contributed by atoms with Gasteiger partial charge in [0.15, 0.2) is 0 Å².